The Bertz CT molecular complexity index is 1290. The number of Topliss-reactive ketones (excluding diaryl/α,β-unsaturated/α-hetero) is 1. The molecule has 2 aromatic carbocycles. The molecule has 4 atom stereocenters. The summed E-state index contributed by atoms with van der Waals surface area (Å²) in [6, 6.07) is 18.1. The van der Waals surface area contributed by atoms with E-state index in [1.165, 1.54) is 13.4 Å². The van der Waals surface area contributed by atoms with Gasteiger partial charge in [0.15, 0.2) is 11.2 Å². The molecule has 33 heavy (non-hydrogen) atoms. The Hall–Kier alpha value is -3.82. The molecule has 0 bridgehead atoms. The van der Waals surface area contributed by atoms with Crippen LogP contribution in [0.5, 0.6) is 0 Å². The number of esters is 1. The standard InChI is InChI=1S/C26H19ClN2O4/c1-32-25(31)26(15-28)21-13-10-16-5-2-3-6-19(16)29(21)23(22(26)20-7-4-14-33-20)24(30)17-8-11-18(27)12-9-17/h2-14,21-23H,1H3/t21?,22-,23+,26+/m0/s1. The molecule has 7 heteroatoms. The molecule has 0 amide bonds. The van der Waals surface area contributed by atoms with Gasteiger partial charge >= 0.3 is 5.97 Å². The third-order valence-electron chi connectivity index (χ3n) is 6.50. The number of ether oxygens (including phenoxy) is 1. The van der Waals surface area contributed by atoms with Crippen molar-refractivity contribution in [2.75, 3.05) is 12.0 Å². The molecule has 0 saturated carbocycles. The topological polar surface area (TPSA) is 83.5 Å². The van der Waals surface area contributed by atoms with Gasteiger partial charge in [-0.25, -0.2) is 0 Å². The SMILES string of the molecule is COC(=O)[C@]1(C#N)C2C=Cc3ccccc3N2[C@@H](C(=O)c2ccc(Cl)cc2)[C@@H]1c1ccco1. The summed E-state index contributed by atoms with van der Waals surface area (Å²) in [7, 11) is 1.25. The summed E-state index contributed by atoms with van der Waals surface area (Å²) in [5.41, 5.74) is 0.364. The van der Waals surface area contributed by atoms with E-state index in [9.17, 15) is 14.9 Å². The number of carbonyl (C=O) groups is 2. The zero-order chi connectivity index (χ0) is 23.2. The number of benzene rings is 2. The van der Waals surface area contributed by atoms with Gasteiger partial charge in [-0.2, -0.15) is 5.26 Å². The number of nitriles is 1. The molecular formula is C26H19ClN2O4. The van der Waals surface area contributed by atoms with E-state index >= 15 is 0 Å². The lowest BCUT2D eigenvalue weighted by atomic mass is 9.70. The minimum absolute atomic E-state index is 0.246. The first kappa shape index (κ1) is 21.0. The highest BCUT2D eigenvalue weighted by molar-refractivity contribution is 6.30. The Morgan fingerprint density at radius 2 is 1.88 bits per heavy atom. The van der Waals surface area contributed by atoms with E-state index in [1.807, 2.05) is 35.2 Å². The fraction of sp³-hybridized carbons (Fsp3) is 0.192. The quantitative estimate of drug-likeness (QED) is 0.410. The normalized spacial score (nSPS) is 25.1. The first-order valence-electron chi connectivity index (χ1n) is 10.4. The van der Waals surface area contributed by atoms with Crippen LogP contribution in [0.1, 0.15) is 27.6 Å². The summed E-state index contributed by atoms with van der Waals surface area (Å²) in [5.74, 6) is -1.50. The number of ketones is 1. The Morgan fingerprint density at radius 1 is 1.12 bits per heavy atom. The fourth-order valence-electron chi connectivity index (χ4n) is 5.10. The maximum Gasteiger partial charge on any atom is 0.329 e. The summed E-state index contributed by atoms with van der Waals surface area (Å²) in [6.45, 7) is 0. The summed E-state index contributed by atoms with van der Waals surface area (Å²) < 4.78 is 10.9. The van der Waals surface area contributed by atoms with E-state index < -0.39 is 29.4 Å². The lowest BCUT2D eigenvalue weighted by Gasteiger charge is -2.36. The number of hydrogen-bond donors (Lipinski definition) is 0. The molecule has 3 heterocycles. The second kappa shape index (κ2) is 7.95. The number of fused-ring (bicyclic) bond motifs is 3. The number of methoxy groups -OCH3 is 1. The lowest BCUT2D eigenvalue weighted by molar-refractivity contribution is -0.150. The van der Waals surface area contributed by atoms with E-state index in [2.05, 4.69) is 6.07 Å². The van der Waals surface area contributed by atoms with Crippen molar-refractivity contribution in [3.8, 4) is 6.07 Å². The van der Waals surface area contributed by atoms with Gasteiger partial charge in [-0.1, -0.05) is 42.0 Å². The zero-order valence-electron chi connectivity index (χ0n) is 17.6. The summed E-state index contributed by atoms with van der Waals surface area (Å²) in [4.78, 5) is 29.2. The molecular weight excluding hydrogens is 440 g/mol. The molecule has 164 valence electrons. The summed E-state index contributed by atoms with van der Waals surface area (Å²) in [5, 5.41) is 11.0. The van der Waals surface area contributed by atoms with Gasteiger partial charge in [0.2, 0.25) is 0 Å². The van der Waals surface area contributed by atoms with E-state index in [0.717, 1.165) is 11.3 Å². The van der Waals surface area contributed by atoms with Crippen molar-refractivity contribution in [3.05, 3.63) is 94.9 Å². The minimum atomic E-state index is -1.70. The number of para-hydroxylation sites is 1. The van der Waals surface area contributed by atoms with Gasteiger partial charge < -0.3 is 14.1 Å². The molecule has 3 aromatic rings. The lowest BCUT2D eigenvalue weighted by Crippen LogP contribution is -2.46. The third kappa shape index (κ3) is 3.00. The van der Waals surface area contributed by atoms with Crippen molar-refractivity contribution in [1.82, 2.24) is 0 Å². The van der Waals surface area contributed by atoms with Crippen molar-refractivity contribution < 1.29 is 18.7 Å². The second-order valence-corrected chi connectivity index (χ2v) is 8.49. The van der Waals surface area contributed by atoms with Crippen LogP contribution in [0.4, 0.5) is 5.69 Å². The van der Waals surface area contributed by atoms with Gasteiger partial charge in [-0.3, -0.25) is 9.59 Å². The van der Waals surface area contributed by atoms with Gasteiger partial charge in [0, 0.05) is 16.3 Å². The van der Waals surface area contributed by atoms with Gasteiger partial charge in [-0.05, 0) is 48.0 Å². The molecule has 6 nitrogen and oxygen atoms in total. The van der Waals surface area contributed by atoms with Crippen LogP contribution >= 0.6 is 11.6 Å². The number of halogens is 1. The zero-order valence-corrected chi connectivity index (χ0v) is 18.4. The number of carbonyl (C=O) groups excluding carboxylic acids is 2. The van der Waals surface area contributed by atoms with Gasteiger partial charge in [-0.15, -0.1) is 0 Å². The molecule has 0 radical (unpaired) electrons. The fourth-order valence-corrected chi connectivity index (χ4v) is 5.22. The maximum absolute atomic E-state index is 14.0. The van der Waals surface area contributed by atoms with Gasteiger partial charge in [0.25, 0.3) is 0 Å². The molecule has 1 unspecified atom stereocenters. The average Bonchev–Trinajstić information content (AvgIpc) is 3.48. The molecule has 1 fully saturated rings. The molecule has 0 aliphatic carbocycles. The van der Waals surface area contributed by atoms with Crippen molar-refractivity contribution in [2.24, 2.45) is 5.41 Å². The summed E-state index contributed by atoms with van der Waals surface area (Å²) in [6.07, 6.45) is 5.15. The first-order chi connectivity index (χ1) is 16.0. The smallest absolute Gasteiger partial charge is 0.329 e. The molecule has 2 aliphatic rings. The van der Waals surface area contributed by atoms with Crippen LogP contribution in [0.25, 0.3) is 6.08 Å². The number of rotatable bonds is 4. The van der Waals surface area contributed by atoms with Crippen molar-refractivity contribution in [3.63, 3.8) is 0 Å². The highest BCUT2D eigenvalue weighted by Gasteiger charge is 2.68. The van der Waals surface area contributed by atoms with Crippen LogP contribution < -0.4 is 4.90 Å². The number of hydrogen-bond acceptors (Lipinski definition) is 6. The molecule has 2 aliphatic heterocycles. The Labute approximate surface area is 195 Å². The predicted octanol–water partition coefficient (Wildman–Crippen LogP) is 4.87. The van der Waals surface area contributed by atoms with E-state index in [4.69, 9.17) is 20.8 Å². The van der Waals surface area contributed by atoms with Crippen molar-refractivity contribution in [2.45, 2.75) is 18.0 Å². The van der Waals surface area contributed by atoms with Crippen LogP contribution in [0, 0.1) is 16.7 Å². The maximum atomic E-state index is 14.0. The second-order valence-electron chi connectivity index (χ2n) is 8.05. The third-order valence-corrected chi connectivity index (χ3v) is 6.75. The highest BCUT2D eigenvalue weighted by atomic mass is 35.5. The van der Waals surface area contributed by atoms with Crippen molar-refractivity contribution in [1.29, 1.82) is 5.26 Å². The molecule has 0 spiro atoms. The monoisotopic (exact) mass is 458 g/mol. The van der Waals surface area contributed by atoms with Crippen LogP contribution in [-0.4, -0.2) is 30.9 Å². The van der Waals surface area contributed by atoms with Gasteiger partial charge in [0.05, 0.1) is 31.4 Å². The van der Waals surface area contributed by atoms with Gasteiger partial charge in [0.1, 0.15) is 11.8 Å². The number of furan rings is 1. The van der Waals surface area contributed by atoms with E-state index in [0.29, 0.717) is 16.3 Å². The first-order valence-corrected chi connectivity index (χ1v) is 10.8. The number of nitrogens with zero attached hydrogens (tertiary/aromatic N) is 2. The van der Waals surface area contributed by atoms with E-state index in [-0.39, 0.29) is 5.78 Å². The minimum Gasteiger partial charge on any atom is -0.469 e. The van der Waals surface area contributed by atoms with Crippen LogP contribution in [0.15, 0.2) is 77.4 Å². The van der Waals surface area contributed by atoms with Crippen LogP contribution in [-0.2, 0) is 9.53 Å². The number of anilines is 1. The van der Waals surface area contributed by atoms with Crippen LogP contribution in [0.2, 0.25) is 5.02 Å². The average molecular weight is 459 g/mol. The molecule has 1 aromatic heterocycles. The van der Waals surface area contributed by atoms with Crippen molar-refractivity contribution >= 4 is 35.1 Å². The van der Waals surface area contributed by atoms with E-state index in [1.54, 1.807) is 42.5 Å². The predicted molar refractivity (Wildman–Crippen MR) is 123 cm³/mol. The Morgan fingerprint density at radius 3 is 2.55 bits per heavy atom. The highest BCUT2D eigenvalue weighted by Crippen LogP contribution is 2.56. The Kier molecular flexibility index (Phi) is 5.07. The summed E-state index contributed by atoms with van der Waals surface area (Å²) >= 11 is 6.04. The largest absolute Gasteiger partial charge is 0.469 e. The van der Waals surface area contributed by atoms with Crippen LogP contribution in [0.3, 0.4) is 0 Å². The molecule has 0 N–H and O–H groups in total. The molecule has 5 rings (SSSR count). The molecule has 1 saturated heterocycles. The Balaban J connectivity index is 1.79.